The third-order valence-electron chi connectivity index (χ3n) is 6.97. The number of ether oxygens (including phenoxy) is 2. The minimum Gasteiger partial charge on any atom is -0.465 e. The standard InChI is InChI=1S/C23H29NO6/c1-14-3-4-17(21(27)29-2)6-18(14)24-19(25)12-30-20(26)11-22-7-15-5-16(8-22)10-23(28,9-15)13-22/h3-4,6,15-16,28H,5,7-13H2,1-2H3,(H,24,25)/t15-,16+,22?,23?. The Morgan fingerprint density at radius 1 is 1.17 bits per heavy atom. The third kappa shape index (κ3) is 4.21. The molecule has 2 unspecified atom stereocenters. The van der Waals surface area contributed by atoms with E-state index in [4.69, 9.17) is 9.47 Å². The number of methoxy groups -OCH3 is 1. The van der Waals surface area contributed by atoms with Gasteiger partial charge in [-0.15, -0.1) is 0 Å². The number of esters is 2. The lowest BCUT2D eigenvalue weighted by Gasteiger charge is -2.60. The smallest absolute Gasteiger partial charge is 0.337 e. The number of amides is 1. The average molecular weight is 415 g/mol. The van der Waals surface area contributed by atoms with Gasteiger partial charge in [-0.3, -0.25) is 9.59 Å². The van der Waals surface area contributed by atoms with Crippen LogP contribution in [-0.2, 0) is 19.1 Å². The van der Waals surface area contributed by atoms with Crippen LogP contribution in [0.25, 0.3) is 0 Å². The van der Waals surface area contributed by atoms with Gasteiger partial charge >= 0.3 is 11.9 Å². The van der Waals surface area contributed by atoms with Crippen molar-refractivity contribution in [2.45, 2.75) is 57.5 Å². The molecule has 0 heterocycles. The van der Waals surface area contributed by atoms with E-state index in [1.165, 1.54) is 13.2 Å². The fourth-order valence-electron chi connectivity index (χ4n) is 6.30. The first-order chi connectivity index (χ1) is 14.2. The van der Waals surface area contributed by atoms with Gasteiger partial charge in [0.15, 0.2) is 6.61 Å². The molecule has 4 aliphatic rings. The summed E-state index contributed by atoms with van der Waals surface area (Å²) >= 11 is 0. The number of nitrogens with one attached hydrogen (secondary N) is 1. The zero-order chi connectivity index (χ0) is 21.5. The summed E-state index contributed by atoms with van der Waals surface area (Å²) in [7, 11) is 1.29. The molecular weight excluding hydrogens is 386 g/mol. The molecule has 1 amide bonds. The zero-order valence-corrected chi connectivity index (χ0v) is 17.5. The van der Waals surface area contributed by atoms with Crippen molar-refractivity contribution in [3.63, 3.8) is 0 Å². The molecular formula is C23H29NO6. The van der Waals surface area contributed by atoms with Crippen molar-refractivity contribution < 1.29 is 29.0 Å². The summed E-state index contributed by atoms with van der Waals surface area (Å²) in [5, 5.41) is 13.5. The highest BCUT2D eigenvalue weighted by Crippen LogP contribution is 2.62. The summed E-state index contributed by atoms with van der Waals surface area (Å²) in [4.78, 5) is 36.5. The van der Waals surface area contributed by atoms with Gasteiger partial charge in [-0.25, -0.2) is 4.79 Å². The van der Waals surface area contributed by atoms with E-state index >= 15 is 0 Å². The maximum atomic E-state index is 12.5. The second-order valence-corrected chi connectivity index (χ2v) is 9.59. The number of aryl methyl sites for hydroxylation is 1. The Bertz CT molecular complexity index is 864. The van der Waals surface area contributed by atoms with Gasteiger partial charge in [-0.05, 0) is 80.4 Å². The van der Waals surface area contributed by atoms with Crippen LogP contribution in [0.1, 0.15) is 60.9 Å². The molecule has 30 heavy (non-hydrogen) atoms. The molecule has 4 atom stereocenters. The molecule has 7 heteroatoms. The van der Waals surface area contributed by atoms with Crippen LogP contribution < -0.4 is 5.32 Å². The van der Waals surface area contributed by atoms with Crippen LogP contribution in [0.3, 0.4) is 0 Å². The molecule has 5 rings (SSSR count). The number of anilines is 1. The molecule has 2 N–H and O–H groups in total. The number of benzene rings is 1. The second kappa shape index (κ2) is 7.69. The van der Waals surface area contributed by atoms with Crippen LogP contribution in [0.15, 0.2) is 18.2 Å². The largest absolute Gasteiger partial charge is 0.465 e. The van der Waals surface area contributed by atoms with Crippen LogP contribution in [-0.4, -0.2) is 42.3 Å². The molecule has 7 nitrogen and oxygen atoms in total. The minimum atomic E-state index is -0.621. The molecule has 4 aliphatic carbocycles. The maximum absolute atomic E-state index is 12.5. The van der Waals surface area contributed by atoms with E-state index in [9.17, 15) is 19.5 Å². The van der Waals surface area contributed by atoms with Crippen molar-refractivity contribution in [1.82, 2.24) is 0 Å². The Hall–Kier alpha value is -2.41. The molecule has 0 saturated heterocycles. The molecule has 162 valence electrons. The highest BCUT2D eigenvalue weighted by molar-refractivity contribution is 5.96. The predicted octanol–water partition coefficient (Wildman–Crippen LogP) is 2.98. The fraction of sp³-hybridized carbons (Fsp3) is 0.609. The topological polar surface area (TPSA) is 102 Å². The Morgan fingerprint density at radius 2 is 1.87 bits per heavy atom. The van der Waals surface area contributed by atoms with Crippen molar-refractivity contribution in [3.8, 4) is 0 Å². The predicted molar refractivity (Wildman–Crippen MR) is 109 cm³/mol. The summed E-state index contributed by atoms with van der Waals surface area (Å²) < 4.78 is 9.96. The van der Waals surface area contributed by atoms with Gasteiger partial charge in [-0.1, -0.05) is 6.07 Å². The van der Waals surface area contributed by atoms with Crippen LogP contribution >= 0.6 is 0 Å². The summed E-state index contributed by atoms with van der Waals surface area (Å²) in [5.41, 5.74) is 0.781. The number of aliphatic hydroxyl groups is 1. The van der Waals surface area contributed by atoms with Crippen molar-refractivity contribution >= 4 is 23.5 Å². The monoisotopic (exact) mass is 415 g/mol. The molecule has 0 radical (unpaired) electrons. The first-order valence-electron chi connectivity index (χ1n) is 10.6. The van der Waals surface area contributed by atoms with E-state index in [-0.39, 0.29) is 18.4 Å². The Labute approximate surface area is 176 Å². The Morgan fingerprint density at radius 3 is 2.50 bits per heavy atom. The average Bonchev–Trinajstić information content (AvgIpc) is 2.65. The van der Waals surface area contributed by atoms with Gasteiger partial charge in [0.05, 0.1) is 24.7 Å². The number of hydrogen-bond acceptors (Lipinski definition) is 6. The maximum Gasteiger partial charge on any atom is 0.337 e. The lowest BCUT2D eigenvalue weighted by Crippen LogP contribution is -2.56. The van der Waals surface area contributed by atoms with Crippen LogP contribution in [0.4, 0.5) is 5.69 Å². The van der Waals surface area contributed by atoms with E-state index < -0.39 is 23.4 Å². The Kier molecular flexibility index (Phi) is 5.34. The van der Waals surface area contributed by atoms with Crippen LogP contribution in [0, 0.1) is 24.2 Å². The highest BCUT2D eigenvalue weighted by Gasteiger charge is 2.57. The molecule has 4 saturated carbocycles. The number of rotatable bonds is 6. The first kappa shape index (κ1) is 20.8. The van der Waals surface area contributed by atoms with Crippen molar-refractivity contribution in [1.29, 1.82) is 0 Å². The number of carbonyl (C=O) groups is 3. The SMILES string of the molecule is COC(=O)c1ccc(C)c(NC(=O)COC(=O)CC23C[C@@H]4C[C@@H](CC(O)(C4)C2)C3)c1. The molecule has 1 aromatic carbocycles. The highest BCUT2D eigenvalue weighted by atomic mass is 16.5. The second-order valence-electron chi connectivity index (χ2n) is 9.59. The zero-order valence-electron chi connectivity index (χ0n) is 17.5. The number of hydrogen-bond donors (Lipinski definition) is 2. The van der Waals surface area contributed by atoms with Gasteiger partial charge in [0, 0.05) is 5.69 Å². The third-order valence-corrected chi connectivity index (χ3v) is 6.97. The van der Waals surface area contributed by atoms with Gasteiger partial charge in [0.25, 0.3) is 5.91 Å². The first-order valence-corrected chi connectivity index (χ1v) is 10.6. The quantitative estimate of drug-likeness (QED) is 0.693. The molecule has 1 aromatic rings. The van der Waals surface area contributed by atoms with Gasteiger partial charge in [-0.2, -0.15) is 0 Å². The molecule has 0 aromatic heterocycles. The lowest BCUT2D eigenvalue weighted by atomic mass is 9.47. The molecule has 4 bridgehead atoms. The molecule has 0 spiro atoms. The van der Waals surface area contributed by atoms with Gasteiger partial charge in [0.1, 0.15) is 0 Å². The fourth-order valence-corrected chi connectivity index (χ4v) is 6.30. The van der Waals surface area contributed by atoms with Crippen molar-refractivity contribution in [3.05, 3.63) is 29.3 Å². The van der Waals surface area contributed by atoms with E-state index in [0.717, 1.165) is 37.7 Å². The summed E-state index contributed by atoms with van der Waals surface area (Å²) in [6, 6.07) is 4.87. The van der Waals surface area contributed by atoms with Crippen molar-refractivity contribution in [2.24, 2.45) is 17.3 Å². The van der Waals surface area contributed by atoms with Crippen LogP contribution in [0.2, 0.25) is 0 Å². The van der Waals surface area contributed by atoms with Crippen LogP contribution in [0.5, 0.6) is 0 Å². The molecule has 4 fully saturated rings. The summed E-state index contributed by atoms with van der Waals surface area (Å²) in [6.07, 6.45) is 5.71. The van der Waals surface area contributed by atoms with Crippen molar-refractivity contribution in [2.75, 3.05) is 19.0 Å². The van der Waals surface area contributed by atoms with E-state index in [1.54, 1.807) is 19.1 Å². The molecule has 0 aliphatic heterocycles. The summed E-state index contributed by atoms with van der Waals surface area (Å²) in [5.74, 6) is -0.350. The van der Waals surface area contributed by atoms with E-state index in [2.05, 4.69) is 5.32 Å². The van der Waals surface area contributed by atoms with E-state index in [1.807, 2.05) is 0 Å². The number of carbonyl (C=O) groups excluding carboxylic acids is 3. The Balaban J connectivity index is 1.32. The van der Waals surface area contributed by atoms with Gasteiger partial charge in [0.2, 0.25) is 0 Å². The lowest BCUT2D eigenvalue weighted by molar-refractivity contribution is -0.177. The van der Waals surface area contributed by atoms with Gasteiger partial charge < -0.3 is 19.9 Å². The normalized spacial score (nSPS) is 31.3. The minimum absolute atomic E-state index is 0.183. The summed E-state index contributed by atoms with van der Waals surface area (Å²) in [6.45, 7) is 1.42. The van der Waals surface area contributed by atoms with E-state index in [0.29, 0.717) is 29.5 Å².